The van der Waals surface area contributed by atoms with E-state index in [4.69, 9.17) is 0 Å². The number of hydrogen-bond donors (Lipinski definition) is 1. The molecule has 0 saturated carbocycles. The minimum absolute atomic E-state index is 0.155. The number of sulfonamides is 1. The van der Waals surface area contributed by atoms with Gasteiger partial charge in [-0.1, -0.05) is 59.3 Å². The molecule has 2 aromatic carbocycles. The molecule has 0 radical (unpaired) electrons. The molecule has 25 heavy (non-hydrogen) atoms. The van der Waals surface area contributed by atoms with E-state index in [1.165, 1.54) is 0 Å². The summed E-state index contributed by atoms with van der Waals surface area (Å²) in [4.78, 5) is 12.5. The molecular weight excluding hydrogens is 404 g/mol. The summed E-state index contributed by atoms with van der Waals surface area (Å²) in [5.41, 5.74) is 1.44. The van der Waals surface area contributed by atoms with Crippen molar-refractivity contribution in [2.75, 3.05) is 17.1 Å². The summed E-state index contributed by atoms with van der Waals surface area (Å²) >= 11 is 3.32. The molecule has 0 saturated heterocycles. The average molecular weight is 425 g/mol. The third-order valence-corrected chi connectivity index (χ3v) is 5.36. The van der Waals surface area contributed by atoms with E-state index in [2.05, 4.69) is 21.2 Å². The standard InChI is InChI=1S/C18H21BrN2O3S/c1-3-17(14-8-5-4-6-9-14)20-18(22)13-21(25(2,23)24)16-11-7-10-15(19)12-16/h4-12,17H,3,13H2,1-2H3,(H,20,22). The topological polar surface area (TPSA) is 66.5 Å². The van der Waals surface area contributed by atoms with Crippen LogP contribution in [0.2, 0.25) is 0 Å². The summed E-state index contributed by atoms with van der Waals surface area (Å²) in [6.07, 6.45) is 1.81. The maximum absolute atomic E-state index is 12.5. The van der Waals surface area contributed by atoms with E-state index in [0.29, 0.717) is 12.1 Å². The number of rotatable bonds is 7. The van der Waals surface area contributed by atoms with Crippen LogP contribution in [0.3, 0.4) is 0 Å². The van der Waals surface area contributed by atoms with Crippen LogP contribution in [-0.4, -0.2) is 27.1 Å². The Morgan fingerprint density at radius 1 is 1.16 bits per heavy atom. The van der Waals surface area contributed by atoms with Gasteiger partial charge in [0.2, 0.25) is 15.9 Å². The first-order valence-corrected chi connectivity index (χ1v) is 10.5. The summed E-state index contributed by atoms with van der Waals surface area (Å²) < 4.78 is 26.1. The van der Waals surface area contributed by atoms with Crippen molar-refractivity contribution >= 4 is 37.5 Å². The van der Waals surface area contributed by atoms with E-state index in [9.17, 15) is 13.2 Å². The van der Waals surface area contributed by atoms with Gasteiger partial charge in [-0.2, -0.15) is 0 Å². The molecule has 1 atom stereocenters. The first-order chi connectivity index (χ1) is 11.8. The van der Waals surface area contributed by atoms with Gasteiger partial charge in [0.1, 0.15) is 6.54 Å². The highest BCUT2D eigenvalue weighted by molar-refractivity contribution is 9.10. The predicted molar refractivity (Wildman–Crippen MR) is 104 cm³/mol. The number of nitrogens with one attached hydrogen (secondary N) is 1. The van der Waals surface area contributed by atoms with Crippen LogP contribution in [0.4, 0.5) is 5.69 Å². The molecule has 0 aliphatic heterocycles. The van der Waals surface area contributed by atoms with Crippen LogP contribution in [-0.2, 0) is 14.8 Å². The normalized spacial score (nSPS) is 12.4. The summed E-state index contributed by atoms with van der Waals surface area (Å²) in [6, 6.07) is 16.3. The fourth-order valence-electron chi connectivity index (χ4n) is 2.51. The Morgan fingerprint density at radius 2 is 1.84 bits per heavy atom. The fourth-order valence-corrected chi connectivity index (χ4v) is 3.74. The average Bonchev–Trinajstić information content (AvgIpc) is 2.57. The number of halogens is 1. The van der Waals surface area contributed by atoms with Gasteiger partial charge in [-0.25, -0.2) is 8.42 Å². The highest BCUT2D eigenvalue weighted by Gasteiger charge is 2.22. The molecule has 2 aromatic rings. The molecule has 0 aromatic heterocycles. The highest BCUT2D eigenvalue weighted by atomic mass is 79.9. The van der Waals surface area contributed by atoms with Gasteiger partial charge in [0.15, 0.2) is 0 Å². The maximum atomic E-state index is 12.5. The quantitative estimate of drug-likeness (QED) is 0.739. The van der Waals surface area contributed by atoms with Crippen LogP contribution in [0, 0.1) is 0 Å². The molecule has 0 heterocycles. The number of nitrogens with zero attached hydrogens (tertiary/aromatic N) is 1. The van der Waals surface area contributed by atoms with Crippen molar-refractivity contribution < 1.29 is 13.2 Å². The minimum Gasteiger partial charge on any atom is -0.348 e. The van der Waals surface area contributed by atoms with Crippen LogP contribution in [0.1, 0.15) is 24.9 Å². The first kappa shape index (κ1) is 19.5. The monoisotopic (exact) mass is 424 g/mol. The van der Waals surface area contributed by atoms with Crippen LogP contribution in [0.5, 0.6) is 0 Å². The molecule has 7 heteroatoms. The largest absolute Gasteiger partial charge is 0.348 e. The Hall–Kier alpha value is -1.86. The number of anilines is 1. The zero-order chi connectivity index (χ0) is 18.4. The number of hydrogen-bond acceptors (Lipinski definition) is 3. The molecule has 5 nitrogen and oxygen atoms in total. The fraction of sp³-hybridized carbons (Fsp3) is 0.278. The second-order valence-corrected chi connectivity index (χ2v) is 8.51. The van der Waals surface area contributed by atoms with Gasteiger partial charge in [0, 0.05) is 4.47 Å². The zero-order valence-electron chi connectivity index (χ0n) is 14.1. The third kappa shape index (κ3) is 5.57. The Bertz CT molecular complexity index is 825. The van der Waals surface area contributed by atoms with Gasteiger partial charge in [-0.05, 0) is 30.2 Å². The SMILES string of the molecule is CCC(NC(=O)CN(c1cccc(Br)c1)S(C)(=O)=O)c1ccccc1. The van der Waals surface area contributed by atoms with Crippen molar-refractivity contribution in [3.8, 4) is 0 Å². The number of carbonyl (C=O) groups excluding carboxylic acids is 1. The Kier molecular flexibility index (Phi) is 6.61. The van der Waals surface area contributed by atoms with E-state index in [-0.39, 0.29) is 18.5 Å². The predicted octanol–water partition coefficient (Wildman–Crippen LogP) is 3.48. The molecule has 2 rings (SSSR count). The molecule has 0 bridgehead atoms. The summed E-state index contributed by atoms with van der Waals surface area (Å²) in [6.45, 7) is 1.71. The van der Waals surface area contributed by atoms with Crippen molar-refractivity contribution in [1.29, 1.82) is 0 Å². The second-order valence-electron chi connectivity index (χ2n) is 5.69. The van der Waals surface area contributed by atoms with Gasteiger partial charge in [-0.15, -0.1) is 0 Å². The Balaban J connectivity index is 2.17. The zero-order valence-corrected chi connectivity index (χ0v) is 16.5. The smallest absolute Gasteiger partial charge is 0.241 e. The molecule has 1 N–H and O–H groups in total. The Morgan fingerprint density at radius 3 is 2.40 bits per heavy atom. The van der Waals surface area contributed by atoms with Gasteiger partial charge >= 0.3 is 0 Å². The lowest BCUT2D eigenvalue weighted by Gasteiger charge is -2.24. The molecule has 1 amide bonds. The summed E-state index contributed by atoms with van der Waals surface area (Å²) in [5, 5.41) is 2.91. The van der Waals surface area contributed by atoms with Crippen molar-refractivity contribution in [1.82, 2.24) is 5.32 Å². The molecule has 0 fully saturated rings. The molecular formula is C18H21BrN2O3S. The summed E-state index contributed by atoms with van der Waals surface area (Å²) in [5.74, 6) is -0.346. The van der Waals surface area contributed by atoms with Gasteiger partial charge in [0.05, 0.1) is 18.0 Å². The number of benzene rings is 2. The maximum Gasteiger partial charge on any atom is 0.241 e. The number of carbonyl (C=O) groups is 1. The van der Waals surface area contributed by atoms with Crippen molar-refractivity contribution in [2.24, 2.45) is 0 Å². The lowest BCUT2D eigenvalue weighted by atomic mass is 10.0. The third-order valence-electron chi connectivity index (χ3n) is 3.73. The molecule has 134 valence electrons. The lowest BCUT2D eigenvalue weighted by molar-refractivity contribution is -0.120. The minimum atomic E-state index is -3.59. The second kappa shape index (κ2) is 8.49. The van der Waals surface area contributed by atoms with E-state index in [1.807, 2.05) is 37.3 Å². The van der Waals surface area contributed by atoms with Crippen molar-refractivity contribution in [2.45, 2.75) is 19.4 Å². The van der Waals surface area contributed by atoms with E-state index >= 15 is 0 Å². The molecule has 1 unspecified atom stereocenters. The number of amides is 1. The van der Waals surface area contributed by atoms with Crippen molar-refractivity contribution in [3.63, 3.8) is 0 Å². The van der Waals surface area contributed by atoms with E-state index < -0.39 is 10.0 Å². The van der Waals surface area contributed by atoms with Gasteiger partial charge in [0.25, 0.3) is 0 Å². The highest BCUT2D eigenvalue weighted by Crippen LogP contribution is 2.22. The van der Waals surface area contributed by atoms with Crippen LogP contribution in [0.15, 0.2) is 59.1 Å². The van der Waals surface area contributed by atoms with Crippen LogP contribution >= 0.6 is 15.9 Å². The van der Waals surface area contributed by atoms with Crippen LogP contribution in [0.25, 0.3) is 0 Å². The van der Waals surface area contributed by atoms with Gasteiger partial charge < -0.3 is 5.32 Å². The molecule has 0 aliphatic rings. The van der Waals surface area contributed by atoms with E-state index in [0.717, 1.165) is 20.6 Å². The Labute approximate surface area is 157 Å². The molecule has 0 spiro atoms. The lowest BCUT2D eigenvalue weighted by Crippen LogP contribution is -2.41. The van der Waals surface area contributed by atoms with E-state index in [1.54, 1.807) is 24.3 Å². The van der Waals surface area contributed by atoms with Gasteiger partial charge in [-0.3, -0.25) is 9.10 Å². The molecule has 0 aliphatic carbocycles. The van der Waals surface area contributed by atoms with Crippen LogP contribution < -0.4 is 9.62 Å². The first-order valence-electron chi connectivity index (χ1n) is 7.89. The van der Waals surface area contributed by atoms with Crippen molar-refractivity contribution in [3.05, 3.63) is 64.6 Å². The summed E-state index contributed by atoms with van der Waals surface area (Å²) in [7, 11) is -3.59.